The molecule has 0 aliphatic rings. The minimum atomic E-state index is 0.415. The summed E-state index contributed by atoms with van der Waals surface area (Å²) in [7, 11) is 0. The molecule has 0 radical (unpaired) electrons. The molecule has 0 fully saturated rings. The SMILES string of the molecule is S=c1[nH]nc(CSc2nc3nn[nH]n3n2)n1/N=C/c1ccccc1. The Bertz CT molecular complexity index is 1010. The van der Waals surface area contributed by atoms with Crippen LogP contribution in [0.4, 0.5) is 0 Å². The standard InChI is InChI=1S/C12H10N10S2/c23-12-17-15-9(21(12)13-6-8-4-2-1-3-5-8)7-24-11-14-10-16-19-20-22(10)18-11/h1-6H,7H2,(H,17,23)(H,14,16,18,20)/b13-6+. The Morgan fingerprint density at radius 1 is 1.29 bits per heavy atom. The van der Waals surface area contributed by atoms with Gasteiger partial charge in [-0.1, -0.05) is 47.2 Å². The molecule has 0 aliphatic heterocycles. The minimum Gasteiger partial charge on any atom is -0.250 e. The number of aromatic nitrogens is 9. The number of nitrogens with zero attached hydrogens (tertiary/aromatic N) is 8. The third-order valence-corrected chi connectivity index (χ3v) is 4.12. The van der Waals surface area contributed by atoms with Crippen molar-refractivity contribution in [3.05, 3.63) is 46.5 Å². The first-order chi connectivity index (χ1) is 11.8. The molecule has 0 bridgehead atoms. The molecule has 0 saturated carbocycles. The molecule has 120 valence electrons. The lowest BCUT2D eigenvalue weighted by atomic mass is 10.2. The molecule has 0 saturated heterocycles. The first-order valence-corrected chi connectivity index (χ1v) is 8.21. The molecule has 10 nitrogen and oxygen atoms in total. The van der Waals surface area contributed by atoms with E-state index in [-0.39, 0.29) is 0 Å². The lowest BCUT2D eigenvalue weighted by Gasteiger charge is -1.98. The van der Waals surface area contributed by atoms with Gasteiger partial charge in [-0.25, -0.2) is 0 Å². The summed E-state index contributed by atoms with van der Waals surface area (Å²) in [6.45, 7) is 0. The van der Waals surface area contributed by atoms with Crippen LogP contribution in [0.1, 0.15) is 11.4 Å². The molecule has 12 heteroatoms. The van der Waals surface area contributed by atoms with Crippen LogP contribution >= 0.6 is 24.0 Å². The molecule has 0 aliphatic carbocycles. The van der Waals surface area contributed by atoms with E-state index in [0.717, 1.165) is 5.56 Å². The van der Waals surface area contributed by atoms with E-state index in [0.29, 0.717) is 27.3 Å². The predicted molar refractivity (Wildman–Crippen MR) is 89.3 cm³/mol. The van der Waals surface area contributed by atoms with Crippen LogP contribution in [0, 0.1) is 4.77 Å². The Labute approximate surface area is 144 Å². The molecule has 2 N–H and O–H groups in total. The Hall–Kier alpha value is -2.86. The third-order valence-electron chi connectivity index (χ3n) is 3.02. The van der Waals surface area contributed by atoms with Gasteiger partial charge < -0.3 is 0 Å². The average Bonchev–Trinajstić information content (AvgIpc) is 3.27. The van der Waals surface area contributed by atoms with Gasteiger partial charge in [-0.05, 0) is 23.0 Å². The lowest BCUT2D eigenvalue weighted by molar-refractivity contribution is 0.714. The zero-order valence-electron chi connectivity index (χ0n) is 12.1. The number of fused-ring (bicyclic) bond motifs is 1. The Balaban J connectivity index is 1.52. The van der Waals surface area contributed by atoms with E-state index in [1.165, 1.54) is 16.4 Å². The van der Waals surface area contributed by atoms with Crippen molar-refractivity contribution >= 4 is 36.0 Å². The smallest absolute Gasteiger partial charge is 0.250 e. The number of hydrogen-bond donors (Lipinski definition) is 2. The molecule has 4 rings (SSSR count). The van der Waals surface area contributed by atoms with E-state index in [1.54, 1.807) is 10.9 Å². The number of aromatic amines is 2. The summed E-state index contributed by atoms with van der Waals surface area (Å²) in [4.78, 5) is 4.22. The van der Waals surface area contributed by atoms with Crippen LogP contribution in [0.25, 0.3) is 5.78 Å². The van der Waals surface area contributed by atoms with Crippen molar-refractivity contribution < 1.29 is 0 Å². The highest BCUT2D eigenvalue weighted by Crippen LogP contribution is 2.18. The fourth-order valence-electron chi connectivity index (χ4n) is 1.92. The number of tetrazole rings is 1. The summed E-state index contributed by atoms with van der Waals surface area (Å²) in [5, 5.41) is 26.0. The highest BCUT2D eigenvalue weighted by Gasteiger charge is 2.10. The highest BCUT2D eigenvalue weighted by molar-refractivity contribution is 7.98. The predicted octanol–water partition coefficient (Wildman–Crippen LogP) is 1.28. The zero-order chi connectivity index (χ0) is 16.4. The minimum absolute atomic E-state index is 0.415. The van der Waals surface area contributed by atoms with Gasteiger partial charge in [-0.3, -0.25) is 5.10 Å². The zero-order valence-corrected chi connectivity index (χ0v) is 13.7. The van der Waals surface area contributed by atoms with Crippen LogP contribution in [-0.4, -0.2) is 51.3 Å². The van der Waals surface area contributed by atoms with E-state index >= 15 is 0 Å². The van der Waals surface area contributed by atoms with E-state index in [2.05, 4.69) is 40.9 Å². The maximum Gasteiger partial charge on any atom is 0.291 e. The van der Waals surface area contributed by atoms with Gasteiger partial charge in [0, 0.05) is 0 Å². The molecule has 24 heavy (non-hydrogen) atoms. The number of thioether (sulfide) groups is 1. The number of hydrogen-bond acceptors (Lipinski definition) is 8. The van der Waals surface area contributed by atoms with Crippen molar-refractivity contribution in [2.24, 2.45) is 5.10 Å². The van der Waals surface area contributed by atoms with Crippen LogP contribution < -0.4 is 0 Å². The van der Waals surface area contributed by atoms with Gasteiger partial charge in [0.2, 0.25) is 9.93 Å². The second-order valence-electron chi connectivity index (χ2n) is 4.61. The quantitative estimate of drug-likeness (QED) is 0.313. The Morgan fingerprint density at radius 3 is 3.00 bits per heavy atom. The first-order valence-electron chi connectivity index (χ1n) is 6.82. The lowest BCUT2D eigenvalue weighted by Crippen LogP contribution is -1.98. The van der Waals surface area contributed by atoms with Gasteiger partial charge in [-0.15, -0.1) is 9.73 Å². The summed E-state index contributed by atoms with van der Waals surface area (Å²) in [5.74, 6) is 1.58. The molecular weight excluding hydrogens is 348 g/mol. The van der Waals surface area contributed by atoms with Gasteiger partial charge in [0.05, 0.1) is 12.0 Å². The van der Waals surface area contributed by atoms with E-state index < -0.39 is 0 Å². The largest absolute Gasteiger partial charge is 0.291 e. The molecule has 4 aromatic rings. The van der Waals surface area contributed by atoms with Gasteiger partial charge in [-0.2, -0.15) is 25.1 Å². The number of nitrogens with one attached hydrogen (secondary N) is 2. The molecule has 0 spiro atoms. The molecule has 0 atom stereocenters. The molecular formula is C12H10N10S2. The van der Waals surface area contributed by atoms with Crippen molar-refractivity contribution in [2.45, 2.75) is 10.9 Å². The summed E-state index contributed by atoms with van der Waals surface area (Å²) in [5.41, 5.74) is 0.975. The van der Waals surface area contributed by atoms with E-state index in [1.807, 2.05) is 30.3 Å². The average molecular weight is 358 g/mol. The van der Waals surface area contributed by atoms with Crippen molar-refractivity contribution in [3.8, 4) is 0 Å². The summed E-state index contributed by atoms with van der Waals surface area (Å²) in [6, 6.07) is 9.76. The second kappa shape index (κ2) is 6.33. The molecule has 3 aromatic heterocycles. The van der Waals surface area contributed by atoms with Crippen molar-refractivity contribution in [1.82, 2.24) is 45.1 Å². The van der Waals surface area contributed by atoms with E-state index in [4.69, 9.17) is 12.2 Å². The van der Waals surface area contributed by atoms with Crippen molar-refractivity contribution in [2.75, 3.05) is 0 Å². The summed E-state index contributed by atoms with van der Waals surface area (Å²) >= 11 is 6.62. The number of benzene rings is 1. The second-order valence-corrected chi connectivity index (χ2v) is 5.94. The summed E-state index contributed by atoms with van der Waals surface area (Å²) in [6.07, 6.45) is 1.73. The van der Waals surface area contributed by atoms with Gasteiger partial charge in [0.25, 0.3) is 5.78 Å². The van der Waals surface area contributed by atoms with E-state index in [9.17, 15) is 0 Å². The van der Waals surface area contributed by atoms with Gasteiger partial charge in [0.1, 0.15) is 0 Å². The van der Waals surface area contributed by atoms with Gasteiger partial charge >= 0.3 is 0 Å². The first kappa shape index (κ1) is 14.7. The number of H-pyrrole nitrogens is 2. The third kappa shape index (κ3) is 2.96. The highest BCUT2D eigenvalue weighted by atomic mass is 32.2. The molecule has 3 heterocycles. The van der Waals surface area contributed by atoms with Crippen molar-refractivity contribution in [1.29, 1.82) is 0 Å². The van der Waals surface area contributed by atoms with Crippen LogP contribution in [-0.2, 0) is 5.75 Å². The monoisotopic (exact) mass is 358 g/mol. The maximum atomic E-state index is 5.22. The normalized spacial score (nSPS) is 11.7. The fourth-order valence-corrected chi connectivity index (χ4v) is 2.85. The topological polar surface area (TPSA) is 118 Å². The maximum absolute atomic E-state index is 5.22. The van der Waals surface area contributed by atoms with Crippen LogP contribution in [0.15, 0.2) is 40.6 Å². The molecule has 0 unspecified atom stereocenters. The van der Waals surface area contributed by atoms with Gasteiger partial charge in [0.15, 0.2) is 5.82 Å². The Kier molecular flexibility index (Phi) is 3.88. The molecule has 0 amide bonds. The molecule has 1 aromatic carbocycles. The van der Waals surface area contributed by atoms with Crippen LogP contribution in [0.3, 0.4) is 0 Å². The fraction of sp³-hybridized carbons (Fsp3) is 0.0833. The van der Waals surface area contributed by atoms with Crippen LogP contribution in [0.2, 0.25) is 0 Å². The van der Waals surface area contributed by atoms with Crippen molar-refractivity contribution in [3.63, 3.8) is 0 Å². The Morgan fingerprint density at radius 2 is 2.17 bits per heavy atom. The summed E-state index contributed by atoms with van der Waals surface area (Å²) < 4.78 is 3.40. The number of rotatable bonds is 5. The van der Waals surface area contributed by atoms with Crippen LogP contribution in [0.5, 0.6) is 0 Å².